The predicted molar refractivity (Wildman–Crippen MR) is 74.4 cm³/mol. The second kappa shape index (κ2) is 5.54. The molecule has 1 fully saturated rings. The summed E-state index contributed by atoms with van der Waals surface area (Å²) in [5, 5.41) is 2.26. The van der Waals surface area contributed by atoms with Gasteiger partial charge in [-0.2, -0.15) is 0 Å². The van der Waals surface area contributed by atoms with E-state index in [1.54, 1.807) is 11.8 Å². The number of aryl methyl sites for hydroxylation is 2. The van der Waals surface area contributed by atoms with Gasteiger partial charge in [0.2, 0.25) is 11.8 Å². The van der Waals surface area contributed by atoms with Crippen molar-refractivity contribution < 1.29 is 14.4 Å². The number of carbonyl (C=O) groups is 3. The first-order valence-corrected chi connectivity index (χ1v) is 6.56. The Balaban J connectivity index is 2.16. The number of benzene rings is 1. The largest absolute Gasteiger partial charge is 0.294 e. The summed E-state index contributed by atoms with van der Waals surface area (Å²) < 4.78 is 0. The summed E-state index contributed by atoms with van der Waals surface area (Å²) >= 11 is 0. The Hall–Kier alpha value is -2.01. The summed E-state index contributed by atoms with van der Waals surface area (Å²) in [5.41, 5.74) is 2.57. The molecular weight excluding hydrogens is 256 g/mol. The standard InChI is InChI=1S/C15H18N2O3/c1-9-4-5-10(2)12(6-9)13(18)7-17-8-14(19)16-15(20)11(17)3/h4-6,11H,7-8H2,1-3H3,(H,16,19,20). The molecule has 0 radical (unpaired) electrons. The van der Waals surface area contributed by atoms with Gasteiger partial charge in [-0.3, -0.25) is 24.6 Å². The van der Waals surface area contributed by atoms with E-state index in [9.17, 15) is 14.4 Å². The number of rotatable bonds is 3. The Bertz CT molecular complexity index is 580. The lowest BCUT2D eigenvalue weighted by atomic mass is 10.0. The van der Waals surface area contributed by atoms with E-state index in [1.807, 2.05) is 32.0 Å². The number of Topliss-reactive ketones (excluding diaryl/α,β-unsaturated/α-hetero) is 1. The molecule has 1 aliphatic rings. The molecule has 0 aromatic heterocycles. The number of imide groups is 1. The zero-order chi connectivity index (χ0) is 14.9. The molecule has 1 aromatic carbocycles. The van der Waals surface area contributed by atoms with Gasteiger partial charge in [-0.15, -0.1) is 0 Å². The van der Waals surface area contributed by atoms with Crippen molar-refractivity contribution in [2.75, 3.05) is 13.1 Å². The Morgan fingerprint density at radius 1 is 1.35 bits per heavy atom. The quantitative estimate of drug-likeness (QED) is 0.655. The molecule has 2 amide bonds. The maximum Gasteiger partial charge on any atom is 0.243 e. The topological polar surface area (TPSA) is 66.5 Å². The molecule has 2 rings (SSSR count). The minimum absolute atomic E-state index is 0.0689. The fourth-order valence-corrected chi connectivity index (χ4v) is 2.27. The number of amides is 2. The van der Waals surface area contributed by atoms with Gasteiger partial charge in [0.1, 0.15) is 0 Å². The Kier molecular flexibility index (Phi) is 3.99. The number of hydrogen-bond donors (Lipinski definition) is 1. The minimum Gasteiger partial charge on any atom is -0.294 e. The van der Waals surface area contributed by atoms with Crippen molar-refractivity contribution in [1.29, 1.82) is 0 Å². The van der Waals surface area contributed by atoms with Gasteiger partial charge in [-0.25, -0.2) is 0 Å². The number of ketones is 1. The molecule has 0 aliphatic carbocycles. The molecule has 1 N–H and O–H groups in total. The van der Waals surface area contributed by atoms with Gasteiger partial charge in [-0.1, -0.05) is 17.7 Å². The molecule has 20 heavy (non-hydrogen) atoms. The Morgan fingerprint density at radius 3 is 2.75 bits per heavy atom. The smallest absolute Gasteiger partial charge is 0.243 e. The van der Waals surface area contributed by atoms with E-state index < -0.39 is 6.04 Å². The lowest BCUT2D eigenvalue weighted by Crippen LogP contribution is -2.57. The molecule has 1 aromatic rings. The van der Waals surface area contributed by atoms with Crippen molar-refractivity contribution in [2.45, 2.75) is 26.8 Å². The highest BCUT2D eigenvalue weighted by Crippen LogP contribution is 2.13. The highest BCUT2D eigenvalue weighted by atomic mass is 16.2. The van der Waals surface area contributed by atoms with Crippen LogP contribution in [0.25, 0.3) is 0 Å². The molecule has 1 saturated heterocycles. The van der Waals surface area contributed by atoms with E-state index in [0.29, 0.717) is 5.56 Å². The van der Waals surface area contributed by atoms with Gasteiger partial charge in [0.05, 0.1) is 19.1 Å². The third kappa shape index (κ3) is 2.93. The van der Waals surface area contributed by atoms with Crippen LogP contribution in [0.3, 0.4) is 0 Å². The fourth-order valence-electron chi connectivity index (χ4n) is 2.27. The van der Waals surface area contributed by atoms with Gasteiger partial charge in [0.25, 0.3) is 0 Å². The maximum atomic E-state index is 12.4. The molecule has 5 heteroatoms. The fraction of sp³-hybridized carbons (Fsp3) is 0.400. The van der Waals surface area contributed by atoms with E-state index in [4.69, 9.17) is 0 Å². The van der Waals surface area contributed by atoms with Crippen LogP contribution >= 0.6 is 0 Å². The highest BCUT2D eigenvalue weighted by Gasteiger charge is 2.31. The summed E-state index contributed by atoms with van der Waals surface area (Å²) in [6.07, 6.45) is 0. The third-order valence-electron chi connectivity index (χ3n) is 3.58. The van der Waals surface area contributed by atoms with Crippen LogP contribution in [0.4, 0.5) is 0 Å². The number of piperazine rings is 1. The molecule has 0 bridgehead atoms. The van der Waals surface area contributed by atoms with Crippen molar-refractivity contribution in [3.63, 3.8) is 0 Å². The van der Waals surface area contributed by atoms with Crippen LogP contribution in [-0.4, -0.2) is 41.6 Å². The first-order valence-electron chi connectivity index (χ1n) is 6.56. The second-order valence-corrected chi connectivity index (χ2v) is 5.23. The maximum absolute atomic E-state index is 12.4. The van der Waals surface area contributed by atoms with Crippen LogP contribution in [0.2, 0.25) is 0 Å². The molecule has 106 valence electrons. The van der Waals surface area contributed by atoms with E-state index in [2.05, 4.69) is 5.32 Å². The van der Waals surface area contributed by atoms with Crippen molar-refractivity contribution in [1.82, 2.24) is 10.2 Å². The summed E-state index contributed by atoms with van der Waals surface area (Å²) in [5.74, 6) is -0.780. The van der Waals surface area contributed by atoms with E-state index >= 15 is 0 Å². The Morgan fingerprint density at radius 2 is 2.05 bits per heavy atom. The van der Waals surface area contributed by atoms with Gasteiger partial charge < -0.3 is 0 Å². The average Bonchev–Trinajstić information content (AvgIpc) is 2.38. The van der Waals surface area contributed by atoms with Crippen molar-refractivity contribution in [2.24, 2.45) is 0 Å². The van der Waals surface area contributed by atoms with Crippen LogP contribution < -0.4 is 5.32 Å². The van der Waals surface area contributed by atoms with Gasteiger partial charge in [0, 0.05) is 5.56 Å². The SMILES string of the molecule is Cc1ccc(C)c(C(=O)CN2CC(=O)NC(=O)C2C)c1. The molecular formula is C15H18N2O3. The predicted octanol–water partition coefficient (Wildman–Crippen LogP) is 0.833. The van der Waals surface area contributed by atoms with E-state index in [1.165, 1.54) is 0 Å². The average molecular weight is 274 g/mol. The summed E-state index contributed by atoms with van der Waals surface area (Å²) in [6.45, 7) is 5.65. The van der Waals surface area contributed by atoms with Crippen molar-refractivity contribution in [3.05, 3.63) is 34.9 Å². The lowest BCUT2D eigenvalue weighted by molar-refractivity contribution is -0.139. The van der Waals surface area contributed by atoms with Gasteiger partial charge in [0.15, 0.2) is 5.78 Å². The number of nitrogens with zero attached hydrogens (tertiary/aromatic N) is 1. The summed E-state index contributed by atoms with van der Waals surface area (Å²) in [6, 6.07) is 5.22. The van der Waals surface area contributed by atoms with Gasteiger partial charge >= 0.3 is 0 Å². The molecule has 1 aliphatic heterocycles. The Labute approximate surface area is 118 Å². The van der Waals surface area contributed by atoms with Crippen LogP contribution in [-0.2, 0) is 9.59 Å². The number of nitrogens with one attached hydrogen (secondary N) is 1. The normalized spacial score (nSPS) is 19.9. The molecule has 1 unspecified atom stereocenters. The van der Waals surface area contributed by atoms with Crippen LogP contribution in [0.15, 0.2) is 18.2 Å². The zero-order valence-corrected chi connectivity index (χ0v) is 11.9. The highest BCUT2D eigenvalue weighted by molar-refractivity contribution is 6.03. The molecule has 5 nitrogen and oxygen atoms in total. The van der Waals surface area contributed by atoms with Crippen LogP contribution in [0.5, 0.6) is 0 Å². The monoisotopic (exact) mass is 274 g/mol. The molecule has 1 atom stereocenters. The van der Waals surface area contributed by atoms with Crippen molar-refractivity contribution >= 4 is 17.6 Å². The first-order chi connectivity index (χ1) is 9.38. The summed E-state index contributed by atoms with van der Waals surface area (Å²) in [7, 11) is 0. The van der Waals surface area contributed by atoms with Gasteiger partial charge in [-0.05, 0) is 32.4 Å². The number of hydrogen-bond acceptors (Lipinski definition) is 4. The number of carbonyl (C=O) groups excluding carboxylic acids is 3. The van der Waals surface area contributed by atoms with Crippen LogP contribution in [0.1, 0.15) is 28.4 Å². The zero-order valence-electron chi connectivity index (χ0n) is 11.9. The second-order valence-electron chi connectivity index (χ2n) is 5.23. The minimum atomic E-state index is -0.471. The lowest BCUT2D eigenvalue weighted by Gasteiger charge is -2.30. The third-order valence-corrected chi connectivity index (χ3v) is 3.58. The molecule has 0 saturated carbocycles. The summed E-state index contributed by atoms with van der Waals surface area (Å²) in [4.78, 5) is 36.9. The van der Waals surface area contributed by atoms with Crippen LogP contribution in [0, 0.1) is 13.8 Å². The van der Waals surface area contributed by atoms with E-state index in [0.717, 1.165) is 11.1 Å². The molecule has 1 heterocycles. The molecule has 0 spiro atoms. The van der Waals surface area contributed by atoms with Crippen molar-refractivity contribution in [3.8, 4) is 0 Å². The first kappa shape index (κ1) is 14.4. The van der Waals surface area contributed by atoms with E-state index in [-0.39, 0.29) is 30.7 Å².